The second kappa shape index (κ2) is 3.95. The van der Waals surface area contributed by atoms with E-state index in [1.165, 1.54) is 0 Å². The number of aliphatic carboxylic acids is 1. The molecule has 0 rings (SSSR count). The molecule has 1 atom stereocenters. The first kappa shape index (κ1) is 9.94. The number of rotatable bonds is 4. The van der Waals surface area contributed by atoms with E-state index >= 15 is 0 Å². The molecule has 4 heteroatoms. The van der Waals surface area contributed by atoms with Crippen LogP contribution in [0.25, 0.3) is 0 Å². The maximum atomic E-state index is 10.6. The van der Waals surface area contributed by atoms with Crippen LogP contribution >= 0.6 is 0 Å². The topological polar surface area (TPSA) is 80.4 Å². The highest BCUT2D eigenvalue weighted by molar-refractivity contribution is 5.81. The number of primary amides is 1. The van der Waals surface area contributed by atoms with Gasteiger partial charge in [0.15, 0.2) is 0 Å². The number of amides is 1. The fourth-order valence-electron chi connectivity index (χ4n) is 0.853. The number of hydrogen-bond donors (Lipinski definition) is 2. The standard InChI is InChI=1S/C7H13NO3/c1-4(2)5(7(8)11)3-6(9)10/h4-5H,3H2,1-2H3,(H2,8,11)(H,9,10). The molecule has 0 saturated heterocycles. The number of carbonyl (C=O) groups is 2. The molecule has 0 spiro atoms. The van der Waals surface area contributed by atoms with Gasteiger partial charge in [-0.05, 0) is 5.92 Å². The van der Waals surface area contributed by atoms with Gasteiger partial charge in [-0.15, -0.1) is 0 Å². The minimum absolute atomic E-state index is 0.0106. The Balaban J connectivity index is 4.12. The lowest BCUT2D eigenvalue weighted by Gasteiger charge is -2.13. The van der Waals surface area contributed by atoms with Crippen LogP contribution in [0.1, 0.15) is 20.3 Å². The molecule has 1 amide bonds. The fourth-order valence-corrected chi connectivity index (χ4v) is 0.853. The molecule has 0 saturated carbocycles. The lowest BCUT2D eigenvalue weighted by molar-refractivity contribution is -0.141. The van der Waals surface area contributed by atoms with Crippen molar-refractivity contribution in [3.63, 3.8) is 0 Å². The SMILES string of the molecule is CC(C)C(CC(=O)O)C(N)=O. The third kappa shape index (κ3) is 3.60. The average molecular weight is 159 g/mol. The molecule has 0 aromatic rings. The van der Waals surface area contributed by atoms with Crippen LogP contribution in [0, 0.1) is 11.8 Å². The first-order valence-corrected chi connectivity index (χ1v) is 3.46. The van der Waals surface area contributed by atoms with E-state index in [1.807, 2.05) is 0 Å². The number of hydrogen-bond acceptors (Lipinski definition) is 2. The van der Waals surface area contributed by atoms with Gasteiger partial charge in [0.25, 0.3) is 0 Å². The van der Waals surface area contributed by atoms with E-state index in [4.69, 9.17) is 10.8 Å². The molecule has 3 N–H and O–H groups in total. The third-order valence-electron chi connectivity index (χ3n) is 1.56. The summed E-state index contributed by atoms with van der Waals surface area (Å²) >= 11 is 0. The summed E-state index contributed by atoms with van der Waals surface area (Å²) in [6.07, 6.45) is -0.174. The lowest BCUT2D eigenvalue weighted by Crippen LogP contribution is -2.29. The van der Waals surface area contributed by atoms with Crippen molar-refractivity contribution in [2.45, 2.75) is 20.3 Å². The highest BCUT2D eigenvalue weighted by Crippen LogP contribution is 2.13. The summed E-state index contributed by atoms with van der Waals surface area (Å²) in [4.78, 5) is 20.8. The predicted molar refractivity (Wildman–Crippen MR) is 39.8 cm³/mol. The summed E-state index contributed by atoms with van der Waals surface area (Å²) in [6.45, 7) is 3.55. The number of carbonyl (C=O) groups excluding carboxylic acids is 1. The Kier molecular flexibility index (Phi) is 3.57. The van der Waals surface area contributed by atoms with Crippen LogP contribution in [0.4, 0.5) is 0 Å². The van der Waals surface area contributed by atoms with E-state index in [1.54, 1.807) is 13.8 Å². The quantitative estimate of drug-likeness (QED) is 0.615. The summed E-state index contributed by atoms with van der Waals surface area (Å²) in [5.74, 6) is -2.08. The summed E-state index contributed by atoms with van der Waals surface area (Å²) in [5, 5.41) is 8.37. The molecule has 1 unspecified atom stereocenters. The van der Waals surface area contributed by atoms with Gasteiger partial charge < -0.3 is 10.8 Å². The van der Waals surface area contributed by atoms with Crippen molar-refractivity contribution in [2.24, 2.45) is 17.6 Å². The predicted octanol–water partition coefficient (Wildman–Crippen LogP) is 0.219. The summed E-state index contributed by atoms with van der Waals surface area (Å²) in [6, 6.07) is 0. The van der Waals surface area contributed by atoms with Crippen LogP contribution in [-0.2, 0) is 9.59 Å². The fraction of sp³-hybridized carbons (Fsp3) is 0.714. The Morgan fingerprint density at radius 3 is 2.00 bits per heavy atom. The van der Waals surface area contributed by atoms with Crippen molar-refractivity contribution in [2.75, 3.05) is 0 Å². The lowest BCUT2D eigenvalue weighted by atomic mass is 9.92. The molecule has 64 valence electrons. The van der Waals surface area contributed by atoms with Crippen LogP contribution in [0.15, 0.2) is 0 Å². The van der Waals surface area contributed by atoms with E-state index in [0.717, 1.165) is 0 Å². The van der Waals surface area contributed by atoms with Crippen LogP contribution in [0.3, 0.4) is 0 Å². The van der Waals surface area contributed by atoms with Gasteiger partial charge in [0.1, 0.15) is 0 Å². The number of carboxylic acids is 1. The van der Waals surface area contributed by atoms with Crippen LogP contribution < -0.4 is 5.73 Å². The molecule has 0 aliphatic heterocycles. The maximum Gasteiger partial charge on any atom is 0.304 e. The van der Waals surface area contributed by atoms with Gasteiger partial charge in [0.2, 0.25) is 5.91 Å². The number of carboxylic acid groups (broad SMARTS) is 1. The zero-order valence-corrected chi connectivity index (χ0v) is 6.70. The van der Waals surface area contributed by atoms with Crippen molar-refractivity contribution in [3.8, 4) is 0 Å². The van der Waals surface area contributed by atoms with Crippen LogP contribution in [0.2, 0.25) is 0 Å². The Labute approximate surface area is 65.4 Å². The third-order valence-corrected chi connectivity index (χ3v) is 1.56. The van der Waals surface area contributed by atoms with Crippen molar-refractivity contribution in [3.05, 3.63) is 0 Å². The van der Waals surface area contributed by atoms with E-state index in [0.29, 0.717) is 0 Å². The monoisotopic (exact) mass is 159 g/mol. The summed E-state index contributed by atoms with van der Waals surface area (Å²) in [5.41, 5.74) is 4.98. The Bertz CT molecular complexity index is 165. The molecular weight excluding hydrogens is 146 g/mol. The molecule has 0 heterocycles. The van der Waals surface area contributed by atoms with E-state index in [-0.39, 0.29) is 12.3 Å². The molecule has 0 fully saturated rings. The summed E-state index contributed by atoms with van der Waals surface area (Å²) < 4.78 is 0. The van der Waals surface area contributed by atoms with Crippen molar-refractivity contribution < 1.29 is 14.7 Å². The highest BCUT2D eigenvalue weighted by atomic mass is 16.4. The normalized spacial score (nSPS) is 13.0. The Hall–Kier alpha value is -1.06. The Morgan fingerprint density at radius 1 is 1.45 bits per heavy atom. The van der Waals surface area contributed by atoms with Gasteiger partial charge in [-0.3, -0.25) is 9.59 Å². The van der Waals surface area contributed by atoms with E-state index < -0.39 is 17.8 Å². The smallest absolute Gasteiger partial charge is 0.304 e. The zero-order chi connectivity index (χ0) is 9.02. The minimum Gasteiger partial charge on any atom is -0.481 e. The molecule has 0 bridgehead atoms. The number of nitrogens with two attached hydrogens (primary N) is 1. The molecule has 11 heavy (non-hydrogen) atoms. The molecular formula is C7H13NO3. The van der Waals surface area contributed by atoms with E-state index in [9.17, 15) is 9.59 Å². The van der Waals surface area contributed by atoms with Crippen LogP contribution in [-0.4, -0.2) is 17.0 Å². The van der Waals surface area contributed by atoms with Gasteiger partial charge in [-0.25, -0.2) is 0 Å². The maximum absolute atomic E-state index is 10.6. The first-order chi connectivity index (χ1) is 4.95. The van der Waals surface area contributed by atoms with Gasteiger partial charge in [-0.2, -0.15) is 0 Å². The van der Waals surface area contributed by atoms with Crippen molar-refractivity contribution >= 4 is 11.9 Å². The van der Waals surface area contributed by atoms with Gasteiger partial charge in [-0.1, -0.05) is 13.8 Å². The molecule has 0 aliphatic carbocycles. The van der Waals surface area contributed by atoms with Crippen molar-refractivity contribution in [1.29, 1.82) is 0 Å². The summed E-state index contributed by atoms with van der Waals surface area (Å²) in [7, 11) is 0. The van der Waals surface area contributed by atoms with Crippen molar-refractivity contribution in [1.82, 2.24) is 0 Å². The molecule has 4 nitrogen and oxygen atoms in total. The zero-order valence-electron chi connectivity index (χ0n) is 6.70. The minimum atomic E-state index is -0.984. The average Bonchev–Trinajstić information content (AvgIpc) is 1.81. The Morgan fingerprint density at radius 2 is 1.91 bits per heavy atom. The highest BCUT2D eigenvalue weighted by Gasteiger charge is 2.22. The first-order valence-electron chi connectivity index (χ1n) is 3.46. The largest absolute Gasteiger partial charge is 0.481 e. The van der Waals surface area contributed by atoms with Gasteiger partial charge >= 0.3 is 5.97 Å². The van der Waals surface area contributed by atoms with Gasteiger partial charge in [0, 0.05) is 0 Å². The molecule has 0 aromatic carbocycles. The molecule has 0 aromatic heterocycles. The second-order valence-electron chi connectivity index (χ2n) is 2.85. The molecule has 0 aliphatic rings. The van der Waals surface area contributed by atoms with Gasteiger partial charge in [0.05, 0.1) is 12.3 Å². The van der Waals surface area contributed by atoms with E-state index in [2.05, 4.69) is 0 Å². The molecule has 0 radical (unpaired) electrons. The second-order valence-corrected chi connectivity index (χ2v) is 2.85. The van der Waals surface area contributed by atoms with Crippen LogP contribution in [0.5, 0.6) is 0 Å².